The number of nitrogens with one attached hydrogen (secondary N) is 2. The second kappa shape index (κ2) is 10.8. The number of ether oxygens (including phenoxy) is 4. The van der Waals surface area contributed by atoms with E-state index in [0.717, 1.165) is 11.3 Å². The molecule has 0 aliphatic carbocycles. The Morgan fingerprint density at radius 1 is 1.19 bits per heavy atom. The molecular weight excluding hydrogens is 478 g/mol. The summed E-state index contributed by atoms with van der Waals surface area (Å²) in [5, 5.41) is 3.06. The van der Waals surface area contributed by atoms with Crippen LogP contribution in [0, 0.1) is 0 Å². The maximum atomic E-state index is 13.1. The molecule has 0 radical (unpaired) electrons. The van der Waals surface area contributed by atoms with E-state index < -0.39 is 6.29 Å². The smallest absolute Gasteiger partial charge is 0.409 e. The van der Waals surface area contributed by atoms with Gasteiger partial charge in [0, 0.05) is 30.9 Å². The second-order valence-corrected chi connectivity index (χ2v) is 8.66. The van der Waals surface area contributed by atoms with E-state index in [2.05, 4.69) is 20.3 Å². The normalized spacial score (nSPS) is 17.6. The molecule has 5 rings (SSSR count). The Bertz CT molecular complexity index is 1310. The van der Waals surface area contributed by atoms with E-state index in [1.54, 1.807) is 18.0 Å². The van der Waals surface area contributed by atoms with Crippen LogP contribution in [-0.4, -0.2) is 64.2 Å². The van der Waals surface area contributed by atoms with Crippen molar-refractivity contribution in [2.45, 2.75) is 39.0 Å². The number of fused-ring (bicyclic) bond motifs is 1. The Morgan fingerprint density at radius 3 is 2.81 bits per heavy atom. The zero-order chi connectivity index (χ0) is 25.8. The lowest BCUT2D eigenvalue weighted by atomic mass is 10.0. The summed E-state index contributed by atoms with van der Waals surface area (Å²) >= 11 is 0. The van der Waals surface area contributed by atoms with Crippen molar-refractivity contribution in [3.63, 3.8) is 0 Å². The molecule has 2 aromatic heterocycles. The SMILES string of the molecule is CCOC(=O)N1CCC(NC(=O)c2c[nH]c3c(C4=COC(c5cccc(OCC)c5)O4)ncnc23)CC1. The average molecular weight is 508 g/mol. The Kier molecular flexibility index (Phi) is 7.11. The van der Waals surface area contributed by atoms with Crippen LogP contribution in [0.1, 0.15) is 54.6 Å². The minimum atomic E-state index is -0.640. The number of aromatic amines is 1. The summed E-state index contributed by atoms with van der Waals surface area (Å²) in [5.74, 6) is 0.921. The van der Waals surface area contributed by atoms with Crippen LogP contribution in [0.25, 0.3) is 16.8 Å². The fourth-order valence-electron chi connectivity index (χ4n) is 4.45. The molecule has 0 spiro atoms. The lowest BCUT2D eigenvalue weighted by Gasteiger charge is -2.31. The summed E-state index contributed by atoms with van der Waals surface area (Å²) in [6, 6.07) is 7.47. The van der Waals surface area contributed by atoms with Crippen LogP contribution >= 0.6 is 0 Å². The van der Waals surface area contributed by atoms with E-state index >= 15 is 0 Å². The summed E-state index contributed by atoms with van der Waals surface area (Å²) in [6.45, 7) is 5.68. The minimum Gasteiger partial charge on any atom is -0.494 e. The molecule has 2 aliphatic heterocycles. The summed E-state index contributed by atoms with van der Waals surface area (Å²) in [5.41, 5.74) is 2.77. The van der Waals surface area contributed by atoms with E-state index in [0.29, 0.717) is 67.2 Å². The number of hydrogen-bond acceptors (Lipinski definition) is 8. The van der Waals surface area contributed by atoms with E-state index in [1.165, 1.54) is 12.6 Å². The minimum absolute atomic E-state index is 0.0492. The van der Waals surface area contributed by atoms with Gasteiger partial charge in [0.05, 0.1) is 24.3 Å². The molecule has 4 heterocycles. The number of hydrogen-bond donors (Lipinski definition) is 2. The number of nitrogens with zero attached hydrogens (tertiary/aromatic N) is 3. The van der Waals surface area contributed by atoms with Gasteiger partial charge in [0.2, 0.25) is 0 Å². The number of aromatic nitrogens is 3. The number of likely N-dealkylation sites (tertiary alicyclic amines) is 1. The topological polar surface area (TPSA) is 128 Å². The molecule has 0 bridgehead atoms. The molecule has 0 saturated carbocycles. The van der Waals surface area contributed by atoms with Gasteiger partial charge in [-0.3, -0.25) is 4.79 Å². The molecule has 11 nitrogen and oxygen atoms in total. The van der Waals surface area contributed by atoms with Gasteiger partial charge in [0.1, 0.15) is 29.5 Å². The Labute approximate surface area is 213 Å². The monoisotopic (exact) mass is 507 g/mol. The van der Waals surface area contributed by atoms with Crippen molar-refractivity contribution in [1.82, 2.24) is 25.2 Å². The van der Waals surface area contributed by atoms with Gasteiger partial charge in [0.15, 0.2) is 5.76 Å². The second-order valence-electron chi connectivity index (χ2n) is 8.66. The predicted octanol–water partition coefficient (Wildman–Crippen LogP) is 3.75. The molecule has 194 valence electrons. The third-order valence-corrected chi connectivity index (χ3v) is 6.27. The molecular formula is C26H29N5O6. The van der Waals surface area contributed by atoms with Crippen molar-refractivity contribution in [1.29, 1.82) is 0 Å². The highest BCUT2D eigenvalue weighted by molar-refractivity contribution is 6.06. The molecule has 11 heteroatoms. The Hall–Kier alpha value is -4.28. The first-order valence-corrected chi connectivity index (χ1v) is 12.4. The number of carbonyl (C=O) groups excluding carboxylic acids is 2. The molecule has 1 atom stereocenters. The molecule has 3 aromatic rings. The van der Waals surface area contributed by atoms with Crippen LogP contribution < -0.4 is 10.1 Å². The molecule has 2 N–H and O–H groups in total. The van der Waals surface area contributed by atoms with Crippen LogP contribution in [0.4, 0.5) is 4.79 Å². The zero-order valence-corrected chi connectivity index (χ0v) is 20.7. The van der Waals surface area contributed by atoms with Gasteiger partial charge < -0.3 is 34.1 Å². The van der Waals surface area contributed by atoms with Gasteiger partial charge in [-0.2, -0.15) is 0 Å². The van der Waals surface area contributed by atoms with Crippen molar-refractivity contribution in [2.75, 3.05) is 26.3 Å². The van der Waals surface area contributed by atoms with Gasteiger partial charge in [0.25, 0.3) is 12.2 Å². The van der Waals surface area contributed by atoms with Gasteiger partial charge in [-0.25, -0.2) is 14.8 Å². The highest BCUT2D eigenvalue weighted by Gasteiger charge is 2.28. The average Bonchev–Trinajstić information content (AvgIpc) is 3.58. The molecule has 2 aliphatic rings. The van der Waals surface area contributed by atoms with Crippen LogP contribution in [0.5, 0.6) is 5.75 Å². The van der Waals surface area contributed by atoms with Crippen LogP contribution in [0.2, 0.25) is 0 Å². The van der Waals surface area contributed by atoms with Gasteiger partial charge in [-0.15, -0.1) is 0 Å². The van der Waals surface area contributed by atoms with Gasteiger partial charge in [-0.1, -0.05) is 12.1 Å². The summed E-state index contributed by atoms with van der Waals surface area (Å²) < 4.78 is 22.4. The van der Waals surface area contributed by atoms with Crippen molar-refractivity contribution in [3.05, 3.63) is 59.9 Å². The lowest BCUT2D eigenvalue weighted by molar-refractivity contribution is -0.0173. The lowest BCUT2D eigenvalue weighted by Crippen LogP contribution is -2.46. The number of piperidine rings is 1. The third-order valence-electron chi connectivity index (χ3n) is 6.27. The standard InChI is InChI=1S/C26H29N5O6/c1-3-34-18-7-5-6-16(12-18)25-36-14-20(37-25)22-23-21(28-15-29-22)19(13-27-23)24(32)30-17-8-10-31(11-9-17)26(33)35-4-2/h5-7,12-15,17,25,27H,3-4,8-11H2,1-2H3,(H,30,32). The summed E-state index contributed by atoms with van der Waals surface area (Å²) in [7, 11) is 0. The molecule has 1 unspecified atom stereocenters. The number of benzene rings is 1. The number of amides is 2. The van der Waals surface area contributed by atoms with E-state index in [1.807, 2.05) is 31.2 Å². The highest BCUT2D eigenvalue weighted by Crippen LogP contribution is 2.36. The van der Waals surface area contributed by atoms with Gasteiger partial charge >= 0.3 is 6.09 Å². The largest absolute Gasteiger partial charge is 0.494 e. The number of carbonyl (C=O) groups is 2. The first-order chi connectivity index (χ1) is 18.1. The van der Waals surface area contributed by atoms with Crippen molar-refractivity contribution in [2.24, 2.45) is 0 Å². The molecule has 1 fully saturated rings. The van der Waals surface area contributed by atoms with Crippen LogP contribution in [0.3, 0.4) is 0 Å². The van der Waals surface area contributed by atoms with E-state index in [-0.39, 0.29) is 18.0 Å². The fraction of sp³-hybridized carbons (Fsp3) is 0.385. The van der Waals surface area contributed by atoms with Gasteiger partial charge in [-0.05, 0) is 38.8 Å². The summed E-state index contributed by atoms with van der Waals surface area (Å²) in [4.78, 5) is 38.5. The first kappa shape index (κ1) is 24.4. The highest BCUT2D eigenvalue weighted by atomic mass is 16.7. The molecule has 37 heavy (non-hydrogen) atoms. The Morgan fingerprint density at radius 2 is 2.03 bits per heavy atom. The first-order valence-electron chi connectivity index (χ1n) is 12.4. The quantitative estimate of drug-likeness (QED) is 0.495. The molecule has 2 amide bonds. The third kappa shape index (κ3) is 5.16. The summed E-state index contributed by atoms with van der Waals surface area (Å²) in [6.07, 6.45) is 4.87. The predicted molar refractivity (Wildman–Crippen MR) is 133 cm³/mol. The van der Waals surface area contributed by atoms with Crippen molar-refractivity contribution >= 4 is 28.8 Å². The Balaban J connectivity index is 1.26. The number of rotatable bonds is 7. The number of H-pyrrole nitrogens is 1. The maximum Gasteiger partial charge on any atom is 0.409 e. The maximum absolute atomic E-state index is 13.1. The van der Waals surface area contributed by atoms with Crippen molar-refractivity contribution in [3.8, 4) is 5.75 Å². The van der Waals surface area contributed by atoms with Crippen LogP contribution in [-0.2, 0) is 14.2 Å². The van der Waals surface area contributed by atoms with E-state index in [4.69, 9.17) is 18.9 Å². The fourth-order valence-corrected chi connectivity index (χ4v) is 4.45. The molecule has 1 aromatic carbocycles. The van der Waals surface area contributed by atoms with E-state index in [9.17, 15) is 9.59 Å². The van der Waals surface area contributed by atoms with Crippen LogP contribution in [0.15, 0.2) is 43.1 Å². The molecule has 1 saturated heterocycles. The van der Waals surface area contributed by atoms with Crippen molar-refractivity contribution < 1.29 is 28.5 Å². The zero-order valence-electron chi connectivity index (χ0n) is 20.7.